The van der Waals surface area contributed by atoms with Crippen molar-refractivity contribution in [2.75, 3.05) is 13.7 Å². The fourth-order valence-corrected chi connectivity index (χ4v) is 2.49. The number of esters is 1. The Labute approximate surface area is 162 Å². The van der Waals surface area contributed by atoms with Gasteiger partial charge in [0.25, 0.3) is 0 Å². The number of amides is 1. The number of aliphatic hydroxyl groups is 2. The van der Waals surface area contributed by atoms with Gasteiger partial charge in [-0.3, -0.25) is 0 Å². The van der Waals surface area contributed by atoms with E-state index in [9.17, 15) is 24.9 Å². The lowest BCUT2D eigenvalue weighted by atomic mass is 9.99. The van der Waals surface area contributed by atoms with Crippen molar-refractivity contribution in [3.8, 4) is 5.75 Å². The maximum atomic E-state index is 11.7. The molecule has 0 radical (unpaired) electrons. The molecule has 0 saturated heterocycles. The number of hydrogen-bond donors (Lipinski definition) is 4. The monoisotopic (exact) mass is 389 g/mol. The molecule has 0 aliphatic heterocycles. The molecule has 2 unspecified atom stereocenters. The highest BCUT2D eigenvalue weighted by Crippen LogP contribution is 2.25. The summed E-state index contributed by atoms with van der Waals surface area (Å²) < 4.78 is 9.60. The zero-order valence-corrected chi connectivity index (χ0v) is 15.4. The molecular formula is C20H23NO7. The van der Waals surface area contributed by atoms with E-state index in [1.54, 1.807) is 0 Å². The minimum atomic E-state index is -1.31. The van der Waals surface area contributed by atoms with Crippen LogP contribution in [-0.4, -0.2) is 47.1 Å². The van der Waals surface area contributed by atoms with E-state index in [0.717, 1.165) is 5.56 Å². The van der Waals surface area contributed by atoms with Gasteiger partial charge in [0.2, 0.25) is 0 Å². The van der Waals surface area contributed by atoms with Crippen LogP contribution in [0.4, 0.5) is 4.79 Å². The van der Waals surface area contributed by atoms with Crippen LogP contribution in [0.5, 0.6) is 5.75 Å². The standard InChI is InChI=1S/C20H23NO7/c1-27-19(25)15-11-14(7-8-16(15)22)18(24)17(23)9-10-21-20(26)28-12-13-5-3-2-4-6-13/h2-8,11,17-18,22-24H,9-10,12H2,1H3,(H,21,26). The predicted octanol–water partition coefficient (Wildman–Crippen LogP) is 1.89. The van der Waals surface area contributed by atoms with Crippen LogP contribution >= 0.6 is 0 Å². The summed E-state index contributed by atoms with van der Waals surface area (Å²) in [5, 5.41) is 32.6. The third-order valence-electron chi connectivity index (χ3n) is 4.05. The quantitative estimate of drug-likeness (QED) is 0.508. The van der Waals surface area contributed by atoms with Crippen LogP contribution in [-0.2, 0) is 16.1 Å². The molecule has 0 heterocycles. The lowest BCUT2D eigenvalue weighted by Gasteiger charge is -2.19. The summed E-state index contributed by atoms with van der Waals surface area (Å²) in [6, 6.07) is 13.1. The molecule has 0 aromatic heterocycles. The second kappa shape index (κ2) is 10.3. The topological polar surface area (TPSA) is 125 Å². The van der Waals surface area contributed by atoms with Gasteiger partial charge in [-0.1, -0.05) is 36.4 Å². The Hall–Kier alpha value is -3.10. The molecular weight excluding hydrogens is 366 g/mol. The Morgan fingerprint density at radius 2 is 1.82 bits per heavy atom. The number of benzene rings is 2. The van der Waals surface area contributed by atoms with Crippen LogP contribution in [0.15, 0.2) is 48.5 Å². The van der Waals surface area contributed by atoms with E-state index >= 15 is 0 Å². The van der Waals surface area contributed by atoms with Crippen molar-refractivity contribution < 1.29 is 34.4 Å². The molecule has 0 saturated carbocycles. The molecule has 0 aliphatic rings. The number of hydrogen-bond acceptors (Lipinski definition) is 7. The first kappa shape index (κ1) is 21.2. The van der Waals surface area contributed by atoms with E-state index in [1.165, 1.54) is 25.3 Å². The minimum absolute atomic E-state index is 0.0516. The Morgan fingerprint density at radius 1 is 1.11 bits per heavy atom. The fourth-order valence-electron chi connectivity index (χ4n) is 2.49. The number of nitrogens with one attached hydrogen (secondary N) is 1. The van der Waals surface area contributed by atoms with Gasteiger partial charge in [0.05, 0.1) is 13.2 Å². The summed E-state index contributed by atoms with van der Waals surface area (Å²) in [5.74, 6) is -1.05. The average molecular weight is 389 g/mol. The molecule has 8 heteroatoms. The molecule has 2 atom stereocenters. The summed E-state index contributed by atoms with van der Waals surface area (Å²) in [5.41, 5.74) is 0.966. The van der Waals surface area contributed by atoms with Crippen molar-refractivity contribution in [1.82, 2.24) is 5.32 Å². The van der Waals surface area contributed by atoms with Crippen molar-refractivity contribution in [2.45, 2.75) is 25.2 Å². The van der Waals surface area contributed by atoms with Gasteiger partial charge in [-0.05, 0) is 29.7 Å². The number of phenols is 1. The van der Waals surface area contributed by atoms with Gasteiger partial charge < -0.3 is 30.1 Å². The summed E-state index contributed by atoms with van der Waals surface area (Å²) in [4.78, 5) is 23.3. The lowest BCUT2D eigenvalue weighted by molar-refractivity contribution is 0.0135. The van der Waals surface area contributed by atoms with Crippen molar-refractivity contribution >= 4 is 12.1 Å². The van der Waals surface area contributed by atoms with Gasteiger partial charge in [0.1, 0.15) is 24.0 Å². The number of rotatable bonds is 8. The number of carbonyl (C=O) groups excluding carboxylic acids is 2. The zero-order valence-electron chi connectivity index (χ0n) is 15.4. The zero-order chi connectivity index (χ0) is 20.5. The number of ether oxygens (including phenoxy) is 2. The van der Waals surface area contributed by atoms with Gasteiger partial charge in [0, 0.05) is 6.54 Å². The summed E-state index contributed by atoms with van der Waals surface area (Å²) in [7, 11) is 1.17. The van der Waals surface area contributed by atoms with E-state index in [0.29, 0.717) is 0 Å². The maximum Gasteiger partial charge on any atom is 0.407 e. The highest BCUT2D eigenvalue weighted by Gasteiger charge is 2.21. The normalized spacial score (nSPS) is 12.7. The molecule has 150 valence electrons. The van der Waals surface area contributed by atoms with Crippen molar-refractivity contribution in [1.29, 1.82) is 0 Å². The molecule has 0 aliphatic carbocycles. The molecule has 2 rings (SSSR count). The molecule has 0 bridgehead atoms. The molecule has 0 spiro atoms. The molecule has 28 heavy (non-hydrogen) atoms. The fraction of sp³-hybridized carbons (Fsp3) is 0.300. The third kappa shape index (κ3) is 5.97. The van der Waals surface area contributed by atoms with Gasteiger partial charge in [0.15, 0.2) is 0 Å². The van der Waals surface area contributed by atoms with Crippen LogP contribution in [0.1, 0.15) is 34.0 Å². The molecule has 1 amide bonds. The lowest BCUT2D eigenvalue weighted by Crippen LogP contribution is -2.29. The van der Waals surface area contributed by atoms with E-state index in [2.05, 4.69) is 10.1 Å². The van der Waals surface area contributed by atoms with E-state index in [1.807, 2.05) is 30.3 Å². The van der Waals surface area contributed by atoms with E-state index in [4.69, 9.17) is 4.74 Å². The first-order valence-corrected chi connectivity index (χ1v) is 8.64. The summed E-state index contributed by atoms with van der Waals surface area (Å²) in [6.45, 7) is 0.204. The Balaban J connectivity index is 1.81. The van der Waals surface area contributed by atoms with Crippen LogP contribution in [0, 0.1) is 0 Å². The number of phenolic OH excluding ortho intramolecular Hbond substituents is 1. The van der Waals surface area contributed by atoms with E-state index < -0.39 is 24.3 Å². The SMILES string of the molecule is COC(=O)c1cc(C(O)C(O)CCNC(=O)OCc2ccccc2)ccc1O. The van der Waals surface area contributed by atoms with Crippen molar-refractivity contribution in [2.24, 2.45) is 0 Å². The van der Waals surface area contributed by atoms with E-state index in [-0.39, 0.29) is 36.4 Å². The smallest absolute Gasteiger partial charge is 0.407 e. The number of aliphatic hydroxyl groups excluding tert-OH is 2. The number of alkyl carbamates (subject to hydrolysis) is 1. The maximum absolute atomic E-state index is 11.7. The molecule has 2 aromatic rings. The third-order valence-corrected chi connectivity index (χ3v) is 4.05. The molecule has 2 aromatic carbocycles. The largest absolute Gasteiger partial charge is 0.507 e. The summed E-state index contributed by atoms with van der Waals surface area (Å²) in [6.07, 6.45) is -3.10. The van der Waals surface area contributed by atoms with Crippen LogP contribution in [0.3, 0.4) is 0 Å². The van der Waals surface area contributed by atoms with Crippen LogP contribution in [0.2, 0.25) is 0 Å². The minimum Gasteiger partial charge on any atom is -0.507 e. The van der Waals surface area contributed by atoms with Crippen molar-refractivity contribution in [3.05, 3.63) is 65.2 Å². The molecule has 0 fully saturated rings. The van der Waals surface area contributed by atoms with Gasteiger partial charge in [-0.15, -0.1) is 0 Å². The van der Waals surface area contributed by atoms with Gasteiger partial charge in [-0.2, -0.15) is 0 Å². The highest BCUT2D eigenvalue weighted by atomic mass is 16.5. The second-order valence-electron chi connectivity index (χ2n) is 6.06. The number of aromatic hydroxyl groups is 1. The number of carbonyl (C=O) groups is 2. The van der Waals surface area contributed by atoms with Crippen LogP contribution in [0.25, 0.3) is 0 Å². The molecule has 8 nitrogen and oxygen atoms in total. The second-order valence-corrected chi connectivity index (χ2v) is 6.06. The van der Waals surface area contributed by atoms with Crippen LogP contribution < -0.4 is 5.32 Å². The Morgan fingerprint density at radius 3 is 2.50 bits per heavy atom. The van der Waals surface area contributed by atoms with Gasteiger partial charge >= 0.3 is 12.1 Å². The highest BCUT2D eigenvalue weighted by molar-refractivity contribution is 5.92. The summed E-state index contributed by atoms with van der Waals surface area (Å²) >= 11 is 0. The average Bonchev–Trinajstić information content (AvgIpc) is 2.72. The number of methoxy groups -OCH3 is 1. The predicted molar refractivity (Wildman–Crippen MR) is 99.7 cm³/mol. The molecule has 4 N–H and O–H groups in total. The first-order valence-electron chi connectivity index (χ1n) is 8.64. The van der Waals surface area contributed by atoms with Gasteiger partial charge in [-0.25, -0.2) is 9.59 Å². The first-order chi connectivity index (χ1) is 13.4. The van der Waals surface area contributed by atoms with Crippen molar-refractivity contribution in [3.63, 3.8) is 0 Å². The Bertz CT molecular complexity index is 794. The Kier molecular flexibility index (Phi) is 7.79.